The third-order valence-corrected chi connectivity index (χ3v) is 8.19. The number of carbonyl (C=O) groups excluding carboxylic acids is 2. The average molecular weight is 376 g/mol. The molecule has 0 aromatic carbocycles. The van der Waals surface area contributed by atoms with Crippen molar-refractivity contribution in [3.63, 3.8) is 0 Å². The number of aliphatic hydroxyl groups excluding tert-OH is 2. The minimum Gasteiger partial charge on any atom is -0.462 e. The lowest BCUT2D eigenvalue weighted by Crippen LogP contribution is -2.74. The summed E-state index contributed by atoms with van der Waals surface area (Å²) in [4.78, 5) is 24.8. The third kappa shape index (κ3) is 1.69. The summed E-state index contributed by atoms with van der Waals surface area (Å²) >= 11 is 0. The number of ether oxygens (including phenoxy) is 2. The number of esters is 1. The standard InChI is InChI=1S/C20H24O7/c1-8-4-12(21)16(24)18(3)10(8)5-13-19-7-26-20(25,17(18)19)15(23)9(2)11(19)6-14(22)27-13/h4,10-11,13,15-17,23-25H,2,5-7H2,1,3H3/t10-,11+,13+,15+,16+,17+,18+,19+,20-/m0/s1. The lowest BCUT2D eigenvalue weighted by molar-refractivity contribution is -0.305. The molecule has 9 atom stereocenters. The van der Waals surface area contributed by atoms with Gasteiger partial charge in [-0.3, -0.25) is 9.59 Å². The molecule has 3 N–H and O–H groups in total. The maximum Gasteiger partial charge on any atom is 0.306 e. The van der Waals surface area contributed by atoms with E-state index in [4.69, 9.17) is 9.47 Å². The number of hydrogen-bond acceptors (Lipinski definition) is 7. The Kier molecular flexibility index (Phi) is 3.18. The fourth-order valence-corrected chi connectivity index (χ4v) is 7.14. The van der Waals surface area contributed by atoms with Gasteiger partial charge >= 0.3 is 5.97 Å². The number of aliphatic hydroxyl groups is 3. The highest BCUT2D eigenvalue weighted by Gasteiger charge is 2.81. The summed E-state index contributed by atoms with van der Waals surface area (Å²) < 4.78 is 11.5. The van der Waals surface area contributed by atoms with Gasteiger partial charge in [-0.25, -0.2) is 0 Å². The zero-order chi connectivity index (χ0) is 19.5. The molecule has 7 heteroatoms. The van der Waals surface area contributed by atoms with Gasteiger partial charge in [0.2, 0.25) is 0 Å². The smallest absolute Gasteiger partial charge is 0.306 e. The number of carbonyl (C=O) groups is 2. The van der Waals surface area contributed by atoms with E-state index >= 15 is 0 Å². The molecule has 0 aromatic rings. The van der Waals surface area contributed by atoms with E-state index < -0.39 is 52.5 Å². The summed E-state index contributed by atoms with van der Waals surface area (Å²) in [6.45, 7) is 7.64. The molecule has 146 valence electrons. The van der Waals surface area contributed by atoms with Crippen LogP contribution in [0.15, 0.2) is 23.8 Å². The molecule has 5 aliphatic rings. The number of fused-ring (bicyclic) bond motifs is 1. The summed E-state index contributed by atoms with van der Waals surface area (Å²) in [5.41, 5.74) is -0.730. The van der Waals surface area contributed by atoms with Crippen LogP contribution in [0, 0.1) is 28.6 Å². The van der Waals surface area contributed by atoms with Crippen LogP contribution in [0.25, 0.3) is 0 Å². The van der Waals surface area contributed by atoms with Crippen LogP contribution in [0.3, 0.4) is 0 Å². The van der Waals surface area contributed by atoms with Gasteiger partial charge in [-0.1, -0.05) is 19.1 Å². The van der Waals surface area contributed by atoms with Crippen LogP contribution in [-0.4, -0.2) is 57.8 Å². The molecule has 0 unspecified atom stereocenters. The van der Waals surface area contributed by atoms with Crippen LogP contribution < -0.4 is 0 Å². The van der Waals surface area contributed by atoms with Gasteiger partial charge in [0.1, 0.15) is 18.3 Å². The van der Waals surface area contributed by atoms with Gasteiger partial charge < -0.3 is 24.8 Å². The first kappa shape index (κ1) is 17.6. The summed E-state index contributed by atoms with van der Waals surface area (Å²) in [5, 5.41) is 33.3. The molecule has 2 saturated carbocycles. The first-order valence-corrected chi connectivity index (χ1v) is 9.41. The molecule has 2 saturated heterocycles. The topological polar surface area (TPSA) is 113 Å². The fourth-order valence-electron chi connectivity index (χ4n) is 7.14. The first-order valence-electron chi connectivity index (χ1n) is 9.41. The largest absolute Gasteiger partial charge is 0.462 e. The molecule has 2 aliphatic heterocycles. The van der Waals surface area contributed by atoms with Crippen molar-refractivity contribution in [2.75, 3.05) is 6.61 Å². The van der Waals surface area contributed by atoms with Crippen molar-refractivity contribution < 1.29 is 34.4 Å². The van der Waals surface area contributed by atoms with Gasteiger partial charge in [0.05, 0.1) is 13.0 Å². The van der Waals surface area contributed by atoms with Crippen molar-refractivity contribution in [3.8, 4) is 0 Å². The van der Waals surface area contributed by atoms with E-state index in [2.05, 4.69) is 6.58 Å². The zero-order valence-electron chi connectivity index (χ0n) is 15.3. The van der Waals surface area contributed by atoms with Crippen molar-refractivity contribution in [3.05, 3.63) is 23.8 Å². The minimum atomic E-state index is -1.98. The molecule has 3 aliphatic carbocycles. The molecule has 7 nitrogen and oxygen atoms in total. The highest BCUT2D eigenvalue weighted by molar-refractivity contribution is 5.96. The molecule has 4 fully saturated rings. The molecule has 5 rings (SSSR count). The van der Waals surface area contributed by atoms with Gasteiger partial charge in [0.15, 0.2) is 11.6 Å². The highest BCUT2D eigenvalue weighted by atomic mass is 16.6. The van der Waals surface area contributed by atoms with E-state index in [0.717, 1.165) is 5.57 Å². The second-order valence-electron chi connectivity index (χ2n) is 9.15. The Labute approximate surface area is 156 Å². The SMILES string of the molecule is C=C1[C@@H](O)[C@]2(O)OC[C@@]34[C@@H]1CC(=O)O[C@@H]3C[C@H]1C(C)=CC(=O)[C@@H](O)[C@]1(C)[C@@H]24. The van der Waals surface area contributed by atoms with Crippen molar-refractivity contribution in [2.24, 2.45) is 28.6 Å². The van der Waals surface area contributed by atoms with Crippen molar-refractivity contribution in [2.45, 2.75) is 50.8 Å². The van der Waals surface area contributed by atoms with E-state index in [-0.39, 0.29) is 24.9 Å². The van der Waals surface area contributed by atoms with E-state index in [9.17, 15) is 24.9 Å². The predicted octanol–water partition coefficient (Wildman–Crippen LogP) is 0.0863. The van der Waals surface area contributed by atoms with Crippen LogP contribution >= 0.6 is 0 Å². The first-order chi connectivity index (χ1) is 12.6. The summed E-state index contributed by atoms with van der Waals surface area (Å²) in [6, 6.07) is 0. The van der Waals surface area contributed by atoms with E-state index in [1.165, 1.54) is 6.08 Å². The Hall–Kier alpha value is -1.54. The van der Waals surface area contributed by atoms with Crippen LogP contribution in [0.2, 0.25) is 0 Å². The van der Waals surface area contributed by atoms with Gasteiger partial charge in [-0.05, 0) is 30.9 Å². The second kappa shape index (κ2) is 4.89. The maximum absolute atomic E-state index is 12.5. The van der Waals surface area contributed by atoms with Gasteiger partial charge in [0, 0.05) is 22.7 Å². The van der Waals surface area contributed by atoms with Crippen LogP contribution in [0.1, 0.15) is 26.7 Å². The Morgan fingerprint density at radius 2 is 1.93 bits per heavy atom. The monoisotopic (exact) mass is 376 g/mol. The van der Waals surface area contributed by atoms with Gasteiger partial charge in [-0.2, -0.15) is 0 Å². The average Bonchev–Trinajstić information content (AvgIpc) is 2.90. The van der Waals surface area contributed by atoms with Crippen LogP contribution in [0.5, 0.6) is 0 Å². The molecular weight excluding hydrogens is 352 g/mol. The number of hydrogen-bond donors (Lipinski definition) is 3. The molecule has 27 heavy (non-hydrogen) atoms. The molecule has 2 bridgehead atoms. The number of ketones is 1. The van der Waals surface area contributed by atoms with Crippen LogP contribution in [0.4, 0.5) is 0 Å². The molecular formula is C20H24O7. The molecule has 1 spiro atoms. The van der Waals surface area contributed by atoms with E-state index in [1.54, 1.807) is 6.92 Å². The molecule has 0 amide bonds. The van der Waals surface area contributed by atoms with Gasteiger partial charge in [-0.15, -0.1) is 0 Å². The van der Waals surface area contributed by atoms with E-state index in [1.807, 2.05) is 6.92 Å². The second-order valence-corrected chi connectivity index (χ2v) is 9.15. The highest BCUT2D eigenvalue weighted by Crippen LogP contribution is 2.73. The molecule has 2 heterocycles. The number of allylic oxidation sites excluding steroid dienone is 1. The molecule has 0 radical (unpaired) electrons. The predicted molar refractivity (Wildman–Crippen MR) is 90.9 cm³/mol. The normalized spacial score (nSPS) is 56.2. The summed E-state index contributed by atoms with van der Waals surface area (Å²) in [7, 11) is 0. The van der Waals surface area contributed by atoms with E-state index in [0.29, 0.717) is 12.0 Å². The lowest BCUT2D eigenvalue weighted by Gasteiger charge is -2.66. The zero-order valence-corrected chi connectivity index (χ0v) is 15.3. The van der Waals surface area contributed by atoms with Gasteiger partial charge in [0.25, 0.3) is 0 Å². The summed E-state index contributed by atoms with van der Waals surface area (Å²) in [6.07, 6.45) is -1.36. The Balaban J connectivity index is 1.79. The summed E-state index contributed by atoms with van der Waals surface area (Å²) in [5.74, 6) is -4.25. The fraction of sp³-hybridized carbons (Fsp3) is 0.700. The van der Waals surface area contributed by atoms with Crippen LogP contribution in [-0.2, 0) is 19.1 Å². The Morgan fingerprint density at radius 1 is 1.22 bits per heavy atom. The van der Waals surface area contributed by atoms with Crippen molar-refractivity contribution >= 4 is 11.8 Å². The minimum absolute atomic E-state index is 0.0436. The quantitative estimate of drug-likeness (QED) is 0.405. The Bertz CT molecular complexity index is 817. The lowest BCUT2D eigenvalue weighted by atomic mass is 9.39. The maximum atomic E-state index is 12.5. The number of rotatable bonds is 0. The third-order valence-electron chi connectivity index (χ3n) is 8.19. The molecule has 0 aromatic heterocycles. The Morgan fingerprint density at radius 3 is 2.63 bits per heavy atom. The van der Waals surface area contributed by atoms with Crippen molar-refractivity contribution in [1.29, 1.82) is 0 Å². The van der Waals surface area contributed by atoms with Crippen molar-refractivity contribution in [1.82, 2.24) is 0 Å².